The number of likely N-dealkylation sites (N-methyl/N-ethyl adjacent to an activating group) is 1. The molecule has 1 heterocycles. The molecule has 1 aromatic rings. The van der Waals surface area contributed by atoms with Gasteiger partial charge in [0.25, 0.3) is 0 Å². The highest BCUT2D eigenvalue weighted by molar-refractivity contribution is 5.35. The zero-order valence-electron chi connectivity index (χ0n) is 8.23. The van der Waals surface area contributed by atoms with Gasteiger partial charge in [0.2, 0.25) is 0 Å². The molecule has 0 unspecified atom stereocenters. The molecule has 0 saturated carbocycles. The van der Waals surface area contributed by atoms with Crippen LogP contribution in [0.3, 0.4) is 0 Å². The lowest BCUT2D eigenvalue weighted by molar-refractivity contribution is 0.153. The van der Waals surface area contributed by atoms with Crippen molar-refractivity contribution in [1.29, 1.82) is 0 Å². The van der Waals surface area contributed by atoms with Gasteiger partial charge in [-0.15, -0.1) is 0 Å². The third-order valence-corrected chi connectivity index (χ3v) is 2.63. The van der Waals surface area contributed by atoms with E-state index >= 15 is 0 Å². The summed E-state index contributed by atoms with van der Waals surface area (Å²) in [5.74, 6) is 0.803. The zero-order valence-corrected chi connectivity index (χ0v) is 8.23. The van der Waals surface area contributed by atoms with Gasteiger partial charge in [0.15, 0.2) is 0 Å². The largest absolute Gasteiger partial charge is 0.492 e. The standard InChI is InChI=1S/C11H15NO2/c1-12-8-6-10(13)9-4-2-3-5-11(9)14-7-8/h2-5,8,10,12-13H,6-7H2,1H3/t8-,10+/m0/s1. The Labute approximate surface area is 83.7 Å². The molecule has 0 aliphatic carbocycles. The van der Waals surface area contributed by atoms with Gasteiger partial charge < -0.3 is 15.2 Å². The van der Waals surface area contributed by atoms with Gasteiger partial charge in [-0.25, -0.2) is 0 Å². The molecule has 3 nitrogen and oxygen atoms in total. The molecule has 0 fully saturated rings. The fraction of sp³-hybridized carbons (Fsp3) is 0.455. The van der Waals surface area contributed by atoms with Crippen LogP contribution in [0.5, 0.6) is 5.75 Å². The molecule has 0 radical (unpaired) electrons. The molecule has 0 spiro atoms. The number of benzene rings is 1. The van der Waals surface area contributed by atoms with E-state index in [2.05, 4.69) is 5.32 Å². The van der Waals surface area contributed by atoms with Crippen LogP contribution in [-0.2, 0) is 0 Å². The molecule has 0 saturated heterocycles. The van der Waals surface area contributed by atoms with E-state index in [1.54, 1.807) is 0 Å². The summed E-state index contributed by atoms with van der Waals surface area (Å²) in [4.78, 5) is 0. The second-order valence-corrected chi connectivity index (χ2v) is 3.59. The van der Waals surface area contributed by atoms with Crippen LogP contribution >= 0.6 is 0 Å². The molecule has 1 aromatic carbocycles. The number of aliphatic hydroxyl groups is 1. The van der Waals surface area contributed by atoms with Crippen molar-refractivity contribution in [2.45, 2.75) is 18.6 Å². The monoisotopic (exact) mass is 193 g/mol. The fourth-order valence-corrected chi connectivity index (χ4v) is 1.74. The Kier molecular flexibility index (Phi) is 2.70. The first-order valence-electron chi connectivity index (χ1n) is 4.88. The molecule has 2 N–H and O–H groups in total. The van der Waals surface area contributed by atoms with E-state index in [0.717, 1.165) is 11.3 Å². The third kappa shape index (κ3) is 1.74. The average molecular weight is 193 g/mol. The van der Waals surface area contributed by atoms with Crippen molar-refractivity contribution in [3.05, 3.63) is 29.8 Å². The van der Waals surface area contributed by atoms with Gasteiger partial charge in [0.05, 0.1) is 6.10 Å². The van der Waals surface area contributed by atoms with Crippen molar-refractivity contribution in [2.24, 2.45) is 0 Å². The van der Waals surface area contributed by atoms with Gasteiger partial charge in [-0.3, -0.25) is 0 Å². The first-order valence-corrected chi connectivity index (χ1v) is 4.88. The summed E-state index contributed by atoms with van der Waals surface area (Å²) in [6, 6.07) is 7.88. The molecule has 0 amide bonds. The maximum absolute atomic E-state index is 9.92. The molecule has 0 bridgehead atoms. The summed E-state index contributed by atoms with van der Waals surface area (Å²) in [5.41, 5.74) is 0.894. The fourth-order valence-electron chi connectivity index (χ4n) is 1.74. The number of rotatable bonds is 1. The highest BCUT2D eigenvalue weighted by Crippen LogP contribution is 2.30. The lowest BCUT2D eigenvalue weighted by atomic mass is 10.0. The minimum Gasteiger partial charge on any atom is -0.492 e. The molecule has 1 aliphatic heterocycles. The minimum atomic E-state index is -0.425. The number of aliphatic hydroxyl groups excluding tert-OH is 1. The van der Waals surface area contributed by atoms with Crippen LogP contribution in [-0.4, -0.2) is 24.8 Å². The highest BCUT2D eigenvalue weighted by atomic mass is 16.5. The third-order valence-electron chi connectivity index (χ3n) is 2.63. The number of ether oxygens (including phenoxy) is 1. The topological polar surface area (TPSA) is 41.5 Å². The van der Waals surface area contributed by atoms with Crippen LogP contribution in [0.25, 0.3) is 0 Å². The zero-order chi connectivity index (χ0) is 9.97. The first-order chi connectivity index (χ1) is 6.81. The molecule has 1 aliphatic rings. The van der Waals surface area contributed by atoms with E-state index < -0.39 is 6.10 Å². The Hall–Kier alpha value is -1.06. The number of fused-ring (bicyclic) bond motifs is 1. The second-order valence-electron chi connectivity index (χ2n) is 3.59. The predicted molar refractivity (Wildman–Crippen MR) is 54.4 cm³/mol. The smallest absolute Gasteiger partial charge is 0.125 e. The van der Waals surface area contributed by atoms with Crippen molar-refractivity contribution in [2.75, 3.05) is 13.7 Å². The van der Waals surface area contributed by atoms with E-state index in [9.17, 15) is 5.11 Å². The maximum Gasteiger partial charge on any atom is 0.125 e. The maximum atomic E-state index is 9.92. The normalized spacial score (nSPS) is 26.1. The number of hydrogen-bond acceptors (Lipinski definition) is 3. The van der Waals surface area contributed by atoms with Gasteiger partial charge in [-0.2, -0.15) is 0 Å². The summed E-state index contributed by atoms with van der Waals surface area (Å²) in [6.07, 6.45) is 0.277. The van der Waals surface area contributed by atoms with E-state index in [1.807, 2.05) is 31.3 Å². The lowest BCUT2D eigenvalue weighted by Crippen LogP contribution is -2.31. The number of hydrogen-bond donors (Lipinski definition) is 2. The van der Waals surface area contributed by atoms with Crippen LogP contribution in [0, 0.1) is 0 Å². The average Bonchev–Trinajstić information content (AvgIpc) is 2.39. The number of nitrogens with one attached hydrogen (secondary N) is 1. The molecule has 14 heavy (non-hydrogen) atoms. The summed E-state index contributed by atoms with van der Waals surface area (Å²) < 4.78 is 5.60. The van der Waals surface area contributed by atoms with Gasteiger partial charge >= 0.3 is 0 Å². The van der Waals surface area contributed by atoms with Crippen LogP contribution < -0.4 is 10.1 Å². The van der Waals surface area contributed by atoms with E-state index in [4.69, 9.17) is 4.74 Å². The lowest BCUT2D eigenvalue weighted by Gasteiger charge is -2.14. The van der Waals surface area contributed by atoms with Gasteiger partial charge in [-0.05, 0) is 19.5 Å². The molecule has 0 aromatic heterocycles. The van der Waals surface area contributed by atoms with E-state index in [-0.39, 0.29) is 6.04 Å². The Bertz CT molecular complexity index is 314. The quantitative estimate of drug-likeness (QED) is 0.701. The molecule has 76 valence electrons. The van der Waals surface area contributed by atoms with Gasteiger partial charge in [0.1, 0.15) is 12.4 Å². The van der Waals surface area contributed by atoms with Crippen LogP contribution in [0.15, 0.2) is 24.3 Å². The molecule has 3 heteroatoms. The molecule has 2 atom stereocenters. The Morgan fingerprint density at radius 3 is 3.00 bits per heavy atom. The van der Waals surface area contributed by atoms with E-state index in [0.29, 0.717) is 13.0 Å². The summed E-state index contributed by atoms with van der Waals surface area (Å²) in [7, 11) is 1.89. The molecular weight excluding hydrogens is 178 g/mol. The van der Waals surface area contributed by atoms with Crippen molar-refractivity contribution >= 4 is 0 Å². The minimum absolute atomic E-state index is 0.220. The SMILES string of the molecule is CN[C@@H]1COc2ccccc2[C@H](O)C1. The van der Waals surface area contributed by atoms with Crippen molar-refractivity contribution in [3.8, 4) is 5.75 Å². The van der Waals surface area contributed by atoms with Crippen LogP contribution in [0.2, 0.25) is 0 Å². The second kappa shape index (κ2) is 3.98. The predicted octanol–water partition coefficient (Wildman–Crippen LogP) is 1.09. The Morgan fingerprint density at radius 1 is 1.43 bits per heavy atom. The van der Waals surface area contributed by atoms with Gasteiger partial charge in [-0.1, -0.05) is 18.2 Å². The van der Waals surface area contributed by atoms with Crippen molar-refractivity contribution < 1.29 is 9.84 Å². The molecular formula is C11H15NO2. The summed E-state index contributed by atoms with van der Waals surface area (Å²) in [5, 5.41) is 13.0. The summed E-state index contributed by atoms with van der Waals surface area (Å²) >= 11 is 0. The van der Waals surface area contributed by atoms with E-state index in [1.165, 1.54) is 0 Å². The highest BCUT2D eigenvalue weighted by Gasteiger charge is 2.22. The van der Waals surface area contributed by atoms with Crippen LogP contribution in [0.1, 0.15) is 18.1 Å². The Balaban J connectivity index is 2.26. The molecule has 2 rings (SSSR count). The van der Waals surface area contributed by atoms with Crippen molar-refractivity contribution in [1.82, 2.24) is 5.32 Å². The van der Waals surface area contributed by atoms with Crippen molar-refractivity contribution in [3.63, 3.8) is 0 Å². The summed E-state index contributed by atoms with van der Waals surface area (Å²) in [6.45, 7) is 0.616. The van der Waals surface area contributed by atoms with Crippen LogP contribution in [0.4, 0.5) is 0 Å². The van der Waals surface area contributed by atoms with Gasteiger partial charge in [0, 0.05) is 11.6 Å². The Morgan fingerprint density at radius 2 is 2.21 bits per heavy atom. The first kappa shape index (κ1) is 9.49. The number of para-hydroxylation sites is 1.